The topological polar surface area (TPSA) is 38.7 Å². The van der Waals surface area contributed by atoms with E-state index in [1.165, 1.54) is 7.11 Å². The maximum absolute atomic E-state index is 11.0. The van der Waals surface area contributed by atoms with Gasteiger partial charge in [-0.2, -0.15) is 11.8 Å². The number of carbonyl (C=O) groups excluding carboxylic acids is 1. The molecule has 0 saturated carbocycles. The molecule has 0 heterocycles. The van der Waals surface area contributed by atoms with Crippen molar-refractivity contribution < 1.29 is 9.53 Å². The summed E-state index contributed by atoms with van der Waals surface area (Å²) in [5.74, 6) is 0.515. The number of hydrogen-bond donors (Lipinski definition) is 0. The summed E-state index contributed by atoms with van der Waals surface area (Å²) >= 11 is 6.07. The van der Waals surface area contributed by atoms with Crippen LogP contribution in [0.15, 0.2) is 4.99 Å². The highest BCUT2D eigenvalue weighted by atomic mass is 32.2. The number of isothiocyanates is 1. The maximum atomic E-state index is 11.0. The Balaban J connectivity index is 4.03. The van der Waals surface area contributed by atoms with Gasteiger partial charge in [0.05, 0.1) is 12.3 Å². The van der Waals surface area contributed by atoms with Crippen molar-refractivity contribution >= 4 is 35.1 Å². The minimum atomic E-state index is -0.472. The van der Waals surface area contributed by atoms with E-state index in [2.05, 4.69) is 27.1 Å². The second-order valence-electron chi connectivity index (χ2n) is 2.04. The Morgan fingerprint density at radius 3 is 2.92 bits per heavy atom. The number of esters is 1. The van der Waals surface area contributed by atoms with Crippen LogP contribution in [0.2, 0.25) is 0 Å². The number of rotatable bonds is 5. The van der Waals surface area contributed by atoms with Crippen molar-refractivity contribution in [1.29, 1.82) is 0 Å². The van der Waals surface area contributed by atoms with E-state index in [4.69, 9.17) is 0 Å². The molecule has 12 heavy (non-hydrogen) atoms. The van der Waals surface area contributed by atoms with Crippen molar-refractivity contribution in [3.8, 4) is 0 Å². The standard InChI is InChI=1S/C7H11NO2S2/c1-10-7(9)6(8-5-11)3-4-12-2/h6H,3-4H2,1-2H3/t6-/m0/s1. The zero-order valence-electron chi connectivity index (χ0n) is 7.07. The maximum Gasteiger partial charge on any atom is 0.331 e. The van der Waals surface area contributed by atoms with Gasteiger partial charge in [0, 0.05) is 0 Å². The van der Waals surface area contributed by atoms with E-state index in [1.807, 2.05) is 6.26 Å². The van der Waals surface area contributed by atoms with Crippen LogP contribution in [0.4, 0.5) is 0 Å². The monoisotopic (exact) mass is 205 g/mol. The number of thiocarbonyl (C=S) groups is 1. The average molecular weight is 205 g/mol. The van der Waals surface area contributed by atoms with E-state index in [-0.39, 0.29) is 5.97 Å². The third kappa shape index (κ3) is 4.49. The highest BCUT2D eigenvalue weighted by Crippen LogP contribution is 2.05. The second kappa shape index (κ2) is 7.28. The van der Waals surface area contributed by atoms with Crippen LogP contribution >= 0.6 is 24.0 Å². The molecule has 3 nitrogen and oxygen atoms in total. The van der Waals surface area contributed by atoms with Crippen LogP contribution in [-0.2, 0) is 9.53 Å². The molecule has 0 amide bonds. The minimum absolute atomic E-state index is 0.346. The predicted molar refractivity (Wildman–Crippen MR) is 53.8 cm³/mol. The fourth-order valence-corrected chi connectivity index (χ4v) is 1.25. The molecule has 0 aromatic rings. The Bertz CT molecular complexity index is 190. The van der Waals surface area contributed by atoms with Gasteiger partial charge >= 0.3 is 5.97 Å². The van der Waals surface area contributed by atoms with Gasteiger partial charge in [0.1, 0.15) is 0 Å². The van der Waals surface area contributed by atoms with Crippen molar-refractivity contribution in [1.82, 2.24) is 0 Å². The molecule has 0 aliphatic carbocycles. The highest BCUT2D eigenvalue weighted by Gasteiger charge is 2.16. The van der Waals surface area contributed by atoms with Crippen LogP contribution < -0.4 is 0 Å². The van der Waals surface area contributed by atoms with E-state index >= 15 is 0 Å². The van der Waals surface area contributed by atoms with Crippen molar-refractivity contribution in [3.05, 3.63) is 0 Å². The first-order valence-electron chi connectivity index (χ1n) is 3.40. The lowest BCUT2D eigenvalue weighted by atomic mass is 10.2. The summed E-state index contributed by atoms with van der Waals surface area (Å²) in [6.45, 7) is 0. The van der Waals surface area contributed by atoms with E-state index < -0.39 is 6.04 Å². The SMILES string of the molecule is COC(=O)[C@H](CCSC)N=C=S. The van der Waals surface area contributed by atoms with E-state index in [0.29, 0.717) is 6.42 Å². The molecular weight excluding hydrogens is 194 g/mol. The number of aliphatic imine (C=N–C) groups is 1. The van der Waals surface area contributed by atoms with Crippen molar-refractivity contribution in [2.45, 2.75) is 12.5 Å². The Hall–Kier alpha value is -0.380. The summed E-state index contributed by atoms with van der Waals surface area (Å²) in [7, 11) is 1.34. The molecule has 0 spiro atoms. The molecule has 5 heteroatoms. The number of hydrogen-bond acceptors (Lipinski definition) is 5. The average Bonchev–Trinajstić information content (AvgIpc) is 2.11. The number of thioether (sulfide) groups is 1. The number of methoxy groups -OCH3 is 1. The summed E-state index contributed by atoms with van der Waals surface area (Å²) < 4.78 is 4.53. The van der Waals surface area contributed by atoms with Gasteiger partial charge in [-0.1, -0.05) is 0 Å². The zero-order chi connectivity index (χ0) is 9.40. The Morgan fingerprint density at radius 2 is 2.50 bits per heavy atom. The van der Waals surface area contributed by atoms with Gasteiger partial charge in [0.2, 0.25) is 0 Å². The fourth-order valence-electron chi connectivity index (χ4n) is 0.664. The molecule has 0 saturated heterocycles. The lowest BCUT2D eigenvalue weighted by Crippen LogP contribution is -2.20. The molecule has 0 aliphatic rings. The summed E-state index contributed by atoms with van der Waals surface area (Å²) in [4.78, 5) is 14.7. The molecular formula is C7H11NO2S2. The predicted octanol–water partition coefficient (Wildman–Crippen LogP) is 1.38. The van der Waals surface area contributed by atoms with Crippen molar-refractivity contribution in [2.75, 3.05) is 19.1 Å². The molecule has 0 unspecified atom stereocenters. The first-order valence-corrected chi connectivity index (χ1v) is 5.20. The second-order valence-corrected chi connectivity index (χ2v) is 3.21. The zero-order valence-corrected chi connectivity index (χ0v) is 8.70. The number of carbonyl (C=O) groups is 1. The van der Waals surface area contributed by atoms with Crippen LogP contribution in [0, 0.1) is 0 Å². The fraction of sp³-hybridized carbons (Fsp3) is 0.714. The minimum Gasteiger partial charge on any atom is -0.467 e. The molecule has 0 rings (SSSR count). The third-order valence-corrected chi connectivity index (χ3v) is 2.03. The third-order valence-electron chi connectivity index (χ3n) is 1.28. The number of ether oxygens (including phenoxy) is 1. The highest BCUT2D eigenvalue weighted by molar-refractivity contribution is 7.98. The van der Waals surface area contributed by atoms with Crippen LogP contribution in [0.3, 0.4) is 0 Å². The number of nitrogens with zero attached hydrogens (tertiary/aromatic N) is 1. The normalized spacial score (nSPS) is 11.5. The van der Waals surface area contributed by atoms with Gasteiger partial charge in [-0.25, -0.2) is 9.79 Å². The van der Waals surface area contributed by atoms with Crippen LogP contribution in [-0.4, -0.2) is 36.3 Å². The summed E-state index contributed by atoms with van der Waals surface area (Å²) in [6.07, 6.45) is 2.62. The first kappa shape index (κ1) is 11.6. The molecule has 0 aromatic heterocycles. The van der Waals surface area contributed by atoms with E-state index in [1.54, 1.807) is 11.8 Å². The molecule has 0 aromatic carbocycles. The first-order chi connectivity index (χ1) is 5.76. The summed E-state index contributed by atoms with van der Waals surface area (Å²) in [5, 5.41) is 2.19. The van der Waals surface area contributed by atoms with Gasteiger partial charge in [0.25, 0.3) is 0 Å². The molecule has 0 radical (unpaired) electrons. The van der Waals surface area contributed by atoms with Crippen molar-refractivity contribution in [2.24, 2.45) is 4.99 Å². The lowest BCUT2D eigenvalue weighted by molar-refractivity contribution is -0.142. The largest absolute Gasteiger partial charge is 0.467 e. The molecule has 0 N–H and O–H groups in total. The molecule has 68 valence electrons. The summed E-state index contributed by atoms with van der Waals surface area (Å²) in [6, 6.07) is -0.472. The smallest absolute Gasteiger partial charge is 0.331 e. The Morgan fingerprint density at radius 1 is 1.83 bits per heavy atom. The van der Waals surface area contributed by atoms with Gasteiger partial charge in [-0.15, -0.1) is 0 Å². The molecule has 0 aliphatic heterocycles. The van der Waals surface area contributed by atoms with Crippen LogP contribution in [0.1, 0.15) is 6.42 Å². The Kier molecular flexibility index (Phi) is 7.05. The quantitative estimate of drug-likeness (QED) is 0.386. The van der Waals surface area contributed by atoms with Crippen LogP contribution in [0.5, 0.6) is 0 Å². The van der Waals surface area contributed by atoms with Crippen LogP contribution in [0.25, 0.3) is 0 Å². The van der Waals surface area contributed by atoms with Crippen molar-refractivity contribution in [3.63, 3.8) is 0 Å². The van der Waals surface area contributed by atoms with Gasteiger partial charge < -0.3 is 4.74 Å². The van der Waals surface area contributed by atoms with Gasteiger partial charge in [-0.3, -0.25) is 0 Å². The summed E-state index contributed by atoms with van der Waals surface area (Å²) in [5.41, 5.74) is 0. The van der Waals surface area contributed by atoms with Gasteiger partial charge in [0.15, 0.2) is 6.04 Å². The molecule has 1 atom stereocenters. The van der Waals surface area contributed by atoms with Gasteiger partial charge in [-0.05, 0) is 30.6 Å². The molecule has 0 fully saturated rings. The Labute approximate surface area is 81.6 Å². The molecule has 0 bridgehead atoms. The van der Waals surface area contributed by atoms with E-state index in [0.717, 1.165) is 5.75 Å². The van der Waals surface area contributed by atoms with E-state index in [9.17, 15) is 4.79 Å². The lowest BCUT2D eigenvalue weighted by Gasteiger charge is -2.06.